The van der Waals surface area contributed by atoms with Gasteiger partial charge in [0.05, 0.1) is 0 Å². The monoisotopic (exact) mass is 326 g/mol. The molecule has 1 heterocycles. The summed E-state index contributed by atoms with van der Waals surface area (Å²) in [6, 6.07) is 10.5. The zero-order valence-electron chi connectivity index (χ0n) is 14.5. The fourth-order valence-electron chi connectivity index (χ4n) is 3.35. The van der Waals surface area contributed by atoms with Crippen LogP contribution in [0.3, 0.4) is 0 Å². The van der Waals surface area contributed by atoms with Crippen molar-refractivity contribution in [2.24, 2.45) is 0 Å². The van der Waals surface area contributed by atoms with E-state index in [1.54, 1.807) is 12.4 Å². The molecular weight excluding hydrogens is 300 g/mol. The molecule has 3 rings (SSSR count). The van der Waals surface area contributed by atoms with Crippen LogP contribution in [0.2, 0.25) is 0 Å². The maximum Gasteiger partial charge on any atom is 0.122 e. The fraction of sp³-hybridized carbons (Fsp3) is 0.450. The van der Waals surface area contributed by atoms with E-state index >= 15 is 0 Å². The second-order valence-corrected chi connectivity index (χ2v) is 6.61. The maximum atomic E-state index is 10.3. The zero-order valence-corrected chi connectivity index (χ0v) is 14.5. The van der Waals surface area contributed by atoms with Gasteiger partial charge in [0.2, 0.25) is 0 Å². The Morgan fingerprint density at radius 2 is 2.00 bits per heavy atom. The molecule has 0 saturated heterocycles. The molecule has 4 heteroatoms. The lowest BCUT2D eigenvalue weighted by Crippen LogP contribution is -2.34. The van der Waals surface area contributed by atoms with Crippen LogP contribution in [0.15, 0.2) is 42.7 Å². The number of fused-ring (bicyclic) bond motifs is 1. The van der Waals surface area contributed by atoms with Crippen LogP contribution in [0.25, 0.3) is 0 Å². The van der Waals surface area contributed by atoms with Crippen LogP contribution in [0, 0.1) is 0 Å². The molecule has 0 radical (unpaired) electrons. The minimum atomic E-state index is -0.517. The molecule has 0 aliphatic heterocycles. The van der Waals surface area contributed by atoms with Gasteiger partial charge in [0, 0.05) is 25.0 Å². The van der Waals surface area contributed by atoms with Gasteiger partial charge >= 0.3 is 0 Å². The predicted molar refractivity (Wildman–Crippen MR) is 95.3 cm³/mol. The summed E-state index contributed by atoms with van der Waals surface area (Å²) >= 11 is 0. The molecule has 1 aromatic carbocycles. The molecule has 2 aromatic rings. The SMILES string of the molecule is CC(c1ccncc1)N(C)CC(O)COc1cccc2c1CCC2. The number of ether oxygens (including phenoxy) is 1. The Kier molecular flexibility index (Phi) is 5.48. The van der Waals surface area contributed by atoms with Gasteiger partial charge in [-0.05, 0) is 68.1 Å². The molecule has 24 heavy (non-hydrogen) atoms. The molecule has 128 valence electrons. The van der Waals surface area contributed by atoms with E-state index in [2.05, 4.69) is 22.9 Å². The van der Waals surface area contributed by atoms with E-state index in [1.165, 1.54) is 23.1 Å². The lowest BCUT2D eigenvalue weighted by Gasteiger charge is -2.27. The Bertz CT molecular complexity index is 660. The number of aliphatic hydroxyl groups excluding tert-OH is 1. The third kappa shape index (κ3) is 3.94. The number of hydrogen-bond acceptors (Lipinski definition) is 4. The van der Waals surface area contributed by atoms with Crippen molar-refractivity contribution in [2.45, 2.75) is 38.3 Å². The van der Waals surface area contributed by atoms with E-state index in [0.717, 1.165) is 18.6 Å². The Balaban J connectivity index is 1.52. The molecule has 1 aliphatic carbocycles. The highest BCUT2D eigenvalue weighted by Crippen LogP contribution is 2.30. The summed E-state index contributed by atoms with van der Waals surface area (Å²) in [6.07, 6.45) is 6.51. The number of likely N-dealkylation sites (N-methyl/N-ethyl adjacent to an activating group) is 1. The first-order valence-corrected chi connectivity index (χ1v) is 8.67. The first-order valence-electron chi connectivity index (χ1n) is 8.67. The van der Waals surface area contributed by atoms with E-state index < -0.39 is 6.10 Å². The van der Waals surface area contributed by atoms with Crippen molar-refractivity contribution >= 4 is 0 Å². The van der Waals surface area contributed by atoms with Gasteiger partial charge in [0.1, 0.15) is 18.5 Å². The van der Waals surface area contributed by atoms with Gasteiger partial charge in [-0.2, -0.15) is 0 Å². The second kappa shape index (κ2) is 7.77. The van der Waals surface area contributed by atoms with Crippen molar-refractivity contribution in [1.82, 2.24) is 9.88 Å². The molecule has 1 N–H and O–H groups in total. The van der Waals surface area contributed by atoms with Gasteiger partial charge in [-0.1, -0.05) is 12.1 Å². The van der Waals surface area contributed by atoms with Crippen molar-refractivity contribution in [3.63, 3.8) is 0 Å². The number of rotatable bonds is 7. The van der Waals surface area contributed by atoms with Crippen LogP contribution < -0.4 is 4.74 Å². The molecule has 2 unspecified atom stereocenters. The Morgan fingerprint density at radius 1 is 1.21 bits per heavy atom. The fourth-order valence-corrected chi connectivity index (χ4v) is 3.35. The third-order valence-corrected chi connectivity index (χ3v) is 4.88. The van der Waals surface area contributed by atoms with Crippen molar-refractivity contribution in [1.29, 1.82) is 0 Å². The molecule has 2 atom stereocenters. The number of hydrogen-bond donors (Lipinski definition) is 1. The number of aromatic nitrogens is 1. The molecule has 0 amide bonds. The summed E-state index contributed by atoms with van der Waals surface area (Å²) in [6.45, 7) is 3.02. The van der Waals surface area contributed by atoms with Crippen molar-refractivity contribution in [3.05, 3.63) is 59.4 Å². The summed E-state index contributed by atoms with van der Waals surface area (Å²) in [4.78, 5) is 6.19. The standard InChI is InChI=1S/C20H26N2O2/c1-15(16-9-11-21-12-10-16)22(2)13-18(23)14-24-20-8-4-6-17-5-3-7-19(17)20/h4,6,8-12,15,18,23H,3,5,7,13-14H2,1-2H3. The minimum Gasteiger partial charge on any atom is -0.491 e. The second-order valence-electron chi connectivity index (χ2n) is 6.61. The summed E-state index contributed by atoms with van der Waals surface area (Å²) in [7, 11) is 2.02. The Morgan fingerprint density at radius 3 is 2.79 bits per heavy atom. The molecule has 1 aromatic heterocycles. The lowest BCUT2D eigenvalue weighted by molar-refractivity contribution is 0.0651. The predicted octanol–water partition coefficient (Wildman–Crippen LogP) is 3.00. The molecule has 0 fully saturated rings. The molecular formula is C20H26N2O2. The highest BCUT2D eigenvalue weighted by molar-refractivity contribution is 5.43. The van der Waals surface area contributed by atoms with Crippen LogP contribution in [0.5, 0.6) is 5.75 Å². The number of pyridine rings is 1. The Hall–Kier alpha value is -1.91. The number of benzene rings is 1. The van der Waals surface area contributed by atoms with E-state index in [-0.39, 0.29) is 6.04 Å². The Labute approximate surface area is 144 Å². The van der Waals surface area contributed by atoms with Crippen LogP contribution >= 0.6 is 0 Å². The molecule has 0 bridgehead atoms. The van der Waals surface area contributed by atoms with Gasteiger partial charge < -0.3 is 9.84 Å². The van der Waals surface area contributed by atoms with Gasteiger partial charge in [-0.25, -0.2) is 0 Å². The van der Waals surface area contributed by atoms with E-state index in [0.29, 0.717) is 13.2 Å². The lowest BCUT2D eigenvalue weighted by atomic mass is 10.1. The summed E-state index contributed by atoms with van der Waals surface area (Å²) in [5, 5.41) is 10.3. The van der Waals surface area contributed by atoms with Crippen LogP contribution in [0.4, 0.5) is 0 Å². The van der Waals surface area contributed by atoms with Crippen LogP contribution in [-0.4, -0.2) is 41.3 Å². The van der Waals surface area contributed by atoms with Gasteiger partial charge in [0.15, 0.2) is 0 Å². The molecule has 0 spiro atoms. The summed E-state index contributed by atoms with van der Waals surface area (Å²) in [5.41, 5.74) is 3.91. The molecule has 0 saturated carbocycles. The van der Waals surface area contributed by atoms with E-state index in [4.69, 9.17) is 4.74 Å². The largest absolute Gasteiger partial charge is 0.491 e. The van der Waals surface area contributed by atoms with E-state index in [9.17, 15) is 5.11 Å². The van der Waals surface area contributed by atoms with Gasteiger partial charge in [-0.15, -0.1) is 0 Å². The maximum absolute atomic E-state index is 10.3. The number of aliphatic hydroxyl groups is 1. The van der Waals surface area contributed by atoms with Crippen molar-refractivity contribution in [3.8, 4) is 5.75 Å². The average molecular weight is 326 g/mol. The van der Waals surface area contributed by atoms with Crippen LogP contribution in [-0.2, 0) is 12.8 Å². The first-order chi connectivity index (χ1) is 11.6. The quantitative estimate of drug-likeness (QED) is 0.849. The third-order valence-electron chi connectivity index (χ3n) is 4.88. The first kappa shape index (κ1) is 16.9. The highest BCUT2D eigenvalue weighted by atomic mass is 16.5. The van der Waals surface area contributed by atoms with E-state index in [1.807, 2.05) is 31.3 Å². The van der Waals surface area contributed by atoms with Crippen molar-refractivity contribution < 1.29 is 9.84 Å². The summed E-state index contributed by atoms with van der Waals surface area (Å²) < 4.78 is 5.91. The summed E-state index contributed by atoms with van der Waals surface area (Å²) in [5.74, 6) is 0.939. The van der Waals surface area contributed by atoms with Crippen molar-refractivity contribution in [2.75, 3.05) is 20.2 Å². The zero-order chi connectivity index (χ0) is 16.9. The smallest absolute Gasteiger partial charge is 0.122 e. The average Bonchev–Trinajstić information content (AvgIpc) is 3.09. The molecule has 4 nitrogen and oxygen atoms in total. The van der Waals surface area contributed by atoms with Crippen LogP contribution in [0.1, 0.15) is 36.1 Å². The topological polar surface area (TPSA) is 45.6 Å². The molecule has 1 aliphatic rings. The highest BCUT2D eigenvalue weighted by Gasteiger charge is 2.18. The van der Waals surface area contributed by atoms with Gasteiger partial charge in [0.25, 0.3) is 0 Å². The van der Waals surface area contributed by atoms with Gasteiger partial charge in [-0.3, -0.25) is 9.88 Å². The normalized spacial score (nSPS) is 16.0. The minimum absolute atomic E-state index is 0.226. The number of aryl methyl sites for hydroxylation is 1. The number of nitrogens with zero attached hydrogens (tertiary/aromatic N) is 2.